The zero-order chi connectivity index (χ0) is 12.8. The van der Waals surface area contributed by atoms with Gasteiger partial charge in [0.25, 0.3) is 0 Å². The van der Waals surface area contributed by atoms with Crippen LogP contribution in [0.3, 0.4) is 0 Å². The molecule has 1 N–H and O–H groups in total. The van der Waals surface area contributed by atoms with Gasteiger partial charge >= 0.3 is 0 Å². The molecular formula is C15H23NO2. The maximum absolute atomic E-state index is 5.82. The molecule has 0 radical (unpaired) electrons. The Morgan fingerprint density at radius 1 is 1.39 bits per heavy atom. The minimum Gasteiger partial charge on any atom is -0.467 e. The predicted octanol–water partition coefficient (Wildman–Crippen LogP) is 3.12. The van der Waals surface area contributed by atoms with Gasteiger partial charge in [0.15, 0.2) is 0 Å². The second-order valence-corrected chi connectivity index (χ2v) is 5.09. The van der Waals surface area contributed by atoms with Crippen molar-refractivity contribution in [1.29, 1.82) is 0 Å². The Morgan fingerprint density at radius 2 is 2.22 bits per heavy atom. The van der Waals surface area contributed by atoms with Crippen LogP contribution in [0, 0.1) is 11.8 Å². The van der Waals surface area contributed by atoms with Crippen LogP contribution in [0.4, 0.5) is 0 Å². The third-order valence-corrected chi connectivity index (χ3v) is 3.69. The molecule has 0 amide bonds. The maximum Gasteiger partial charge on any atom is 0.133 e. The topological polar surface area (TPSA) is 34.4 Å². The van der Waals surface area contributed by atoms with Gasteiger partial charge in [-0.05, 0) is 37.8 Å². The summed E-state index contributed by atoms with van der Waals surface area (Å²) in [5, 5.41) is 3.13. The summed E-state index contributed by atoms with van der Waals surface area (Å²) in [4.78, 5) is 0. The molecule has 1 heterocycles. The molecule has 3 nitrogen and oxygen atoms in total. The van der Waals surface area contributed by atoms with E-state index < -0.39 is 0 Å². The van der Waals surface area contributed by atoms with Crippen LogP contribution in [0.15, 0.2) is 28.9 Å². The third kappa shape index (κ3) is 3.47. The third-order valence-electron chi connectivity index (χ3n) is 3.69. The standard InChI is InChI=1S/C15H23NO2/c1-12-5-3-4-6-14(12)10-17-11-15-13(9-16-2)7-8-18-15/h3-4,7-8,12,14,16H,5-6,9-11H2,1-2H3. The maximum atomic E-state index is 5.82. The summed E-state index contributed by atoms with van der Waals surface area (Å²) in [6, 6.07) is 2.00. The summed E-state index contributed by atoms with van der Waals surface area (Å²) in [5.41, 5.74) is 1.19. The van der Waals surface area contributed by atoms with Crippen molar-refractivity contribution in [2.24, 2.45) is 11.8 Å². The summed E-state index contributed by atoms with van der Waals surface area (Å²) < 4.78 is 11.3. The number of ether oxygens (including phenoxy) is 1. The van der Waals surface area contributed by atoms with Gasteiger partial charge in [0.2, 0.25) is 0 Å². The lowest BCUT2D eigenvalue weighted by Crippen LogP contribution is -2.19. The lowest BCUT2D eigenvalue weighted by molar-refractivity contribution is 0.0577. The minimum atomic E-state index is 0.580. The van der Waals surface area contributed by atoms with Crippen LogP contribution in [-0.4, -0.2) is 13.7 Å². The number of hydrogen-bond acceptors (Lipinski definition) is 3. The molecule has 2 atom stereocenters. The molecule has 0 aliphatic heterocycles. The first-order valence-electron chi connectivity index (χ1n) is 6.74. The summed E-state index contributed by atoms with van der Waals surface area (Å²) in [7, 11) is 1.94. The van der Waals surface area contributed by atoms with Crippen molar-refractivity contribution in [2.45, 2.75) is 32.9 Å². The van der Waals surface area contributed by atoms with Crippen molar-refractivity contribution in [1.82, 2.24) is 5.32 Å². The molecule has 0 aromatic carbocycles. The van der Waals surface area contributed by atoms with Crippen LogP contribution in [0.5, 0.6) is 0 Å². The first-order valence-corrected chi connectivity index (χ1v) is 6.74. The second kappa shape index (κ2) is 6.76. The van der Waals surface area contributed by atoms with Gasteiger partial charge in [-0.15, -0.1) is 0 Å². The molecule has 2 unspecified atom stereocenters. The molecule has 2 rings (SSSR count). The van der Waals surface area contributed by atoms with Crippen LogP contribution >= 0.6 is 0 Å². The van der Waals surface area contributed by atoms with E-state index in [1.54, 1.807) is 6.26 Å². The summed E-state index contributed by atoms with van der Waals surface area (Å²) in [5.74, 6) is 2.32. The summed E-state index contributed by atoms with van der Waals surface area (Å²) in [6.07, 6.45) is 8.60. The second-order valence-electron chi connectivity index (χ2n) is 5.09. The van der Waals surface area contributed by atoms with Crippen LogP contribution in [0.25, 0.3) is 0 Å². The first kappa shape index (κ1) is 13.4. The molecule has 0 fully saturated rings. The van der Waals surface area contributed by atoms with E-state index in [-0.39, 0.29) is 0 Å². The van der Waals surface area contributed by atoms with Gasteiger partial charge in [-0.2, -0.15) is 0 Å². The lowest BCUT2D eigenvalue weighted by atomic mass is 9.85. The fourth-order valence-electron chi connectivity index (χ4n) is 2.38. The highest BCUT2D eigenvalue weighted by Crippen LogP contribution is 2.25. The fraction of sp³-hybridized carbons (Fsp3) is 0.600. The van der Waals surface area contributed by atoms with E-state index in [2.05, 4.69) is 24.4 Å². The van der Waals surface area contributed by atoms with E-state index in [1.165, 1.54) is 12.0 Å². The van der Waals surface area contributed by atoms with Crippen molar-refractivity contribution in [2.75, 3.05) is 13.7 Å². The van der Waals surface area contributed by atoms with E-state index >= 15 is 0 Å². The largest absolute Gasteiger partial charge is 0.467 e. The van der Waals surface area contributed by atoms with Crippen molar-refractivity contribution in [3.05, 3.63) is 35.8 Å². The smallest absolute Gasteiger partial charge is 0.133 e. The highest BCUT2D eigenvalue weighted by molar-refractivity contribution is 5.15. The molecular weight excluding hydrogens is 226 g/mol. The summed E-state index contributed by atoms with van der Waals surface area (Å²) >= 11 is 0. The molecule has 0 bridgehead atoms. The normalized spacial score (nSPS) is 23.4. The van der Waals surface area contributed by atoms with Crippen LogP contribution in [0.2, 0.25) is 0 Å². The SMILES string of the molecule is CNCc1ccoc1COCC1CC=CCC1C. The molecule has 1 aromatic heterocycles. The van der Waals surface area contributed by atoms with Gasteiger partial charge in [0, 0.05) is 12.1 Å². The van der Waals surface area contributed by atoms with Crippen molar-refractivity contribution in [3.63, 3.8) is 0 Å². The average molecular weight is 249 g/mol. The first-order chi connectivity index (χ1) is 8.81. The Morgan fingerprint density at radius 3 is 3.00 bits per heavy atom. The van der Waals surface area contributed by atoms with E-state index in [1.807, 2.05) is 13.1 Å². The van der Waals surface area contributed by atoms with E-state index in [9.17, 15) is 0 Å². The molecule has 0 spiro atoms. The zero-order valence-corrected chi connectivity index (χ0v) is 11.3. The predicted molar refractivity (Wildman–Crippen MR) is 72.2 cm³/mol. The Labute approximate surface area is 109 Å². The quantitative estimate of drug-likeness (QED) is 0.787. The van der Waals surface area contributed by atoms with Crippen LogP contribution < -0.4 is 5.32 Å². The molecule has 1 aliphatic carbocycles. The fourth-order valence-corrected chi connectivity index (χ4v) is 2.38. The zero-order valence-electron chi connectivity index (χ0n) is 11.3. The molecule has 3 heteroatoms. The van der Waals surface area contributed by atoms with Gasteiger partial charge in [-0.25, -0.2) is 0 Å². The van der Waals surface area contributed by atoms with Crippen molar-refractivity contribution < 1.29 is 9.15 Å². The highest BCUT2D eigenvalue weighted by Gasteiger charge is 2.18. The summed E-state index contributed by atoms with van der Waals surface area (Å²) in [6.45, 7) is 4.54. The molecule has 1 aliphatic rings. The minimum absolute atomic E-state index is 0.580. The molecule has 0 saturated heterocycles. The Balaban J connectivity index is 1.77. The van der Waals surface area contributed by atoms with Gasteiger partial charge in [0.1, 0.15) is 12.4 Å². The Kier molecular flexibility index (Phi) is 5.02. The van der Waals surface area contributed by atoms with E-state index in [0.717, 1.165) is 31.3 Å². The molecule has 0 saturated carbocycles. The van der Waals surface area contributed by atoms with Gasteiger partial charge in [0.05, 0.1) is 12.9 Å². The van der Waals surface area contributed by atoms with E-state index in [0.29, 0.717) is 12.5 Å². The number of allylic oxidation sites excluding steroid dienone is 2. The Hall–Kier alpha value is -1.06. The average Bonchev–Trinajstić information content (AvgIpc) is 2.80. The van der Waals surface area contributed by atoms with Crippen LogP contribution in [0.1, 0.15) is 31.1 Å². The van der Waals surface area contributed by atoms with Crippen molar-refractivity contribution >= 4 is 0 Å². The van der Waals surface area contributed by atoms with Gasteiger partial charge < -0.3 is 14.5 Å². The highest BCUT2D eigenvalue weighted by atomic mass is 16.5. The Bertz CT molecular complexity index is 384. The monoisotopic (exact) mass is 249 g/mol. The van der Waals surface area contributed by atoms with Crippen LogP contribution in [-0.2, 0) is 17.9 Å². The lowest BCUT2D eigenvalue weighted by Gasteiger charge is -2.24. The number of rotatable bonds is 6. The number of furan rings is 1. The molecule has 100 valence electrons. The molecule has 18 heavy (non-hydrogen) atoms. The van der Waals surface area contributed by atoms with Crippen molar-refractivity contribution in [3.8, 4) is 0 Å². The van der Waals surface area contributed by atoms with E-state index in [4.69, 9.17) is 9.15 Å². The molecule has 1 aromatic rings. The van der Waals surface area contributed by atoms with Gasteiger partial charge in [-0.3, -0.25) is 0 Å². The number of nitrogens with one attached hydrogen (secondary N) is 1. The van der Waals surface area contributed by atoms with Gasteiger partial charge in [-0.1, -0.05) is 19.1 Å². The number of hydrogen-bond donors (Lipinski definition) is 1.